The fourth-order valence-electron chi connectivity index (χ4n) is 4.80. The zero-order valence-electron chi connectivity index (χ0n) is 18.5. The summed E-state index contributed by atoms with van der Waals surface area (Å²) in [6, 6.07) is 2.08. The normalized spacial score (nSPS) is 19.4. The van der Waals surface area contributed by atoms with Gasteiger partial charge in [-0.15, -0.1) is 0 Å². The van der Waals surface area contributed by atoms with Gasteiger partial charge in [0.1, 0.15) is 0 Å². The highest BCUT2D eigenvalue weighted by molar-refractivity contribution is 5.64. The average Bonchev–Trinajstić information content (AvgIpc) is 3.43. The minimum Gasteiger partial charge on any atom is -0.481 e. The predicted octanol–water partition coefficient (Wildman–Crippen LogP) is 2.51. The molecule has 0 saturated carbocycles. The molecule has 5 heterocycles. The Morgan fingerprint density at radius 3 is 2.87 bits per heavy atom. The highest BCUT2D eigenvalue weighted by Crippen LogP contribution is 2.31. The molecule has 0 bridgehead atoms. The molecular weight excluding hydrogens is 392 g/mol. The monoisotopic (exact) mass is 422 g/mol. The molecule has 2 aliphatic rings. The number of pyridine rings is 1. The number of aryl methyl sites for hydroxylation is 1. The van der Waals surface area contributed by atoms with E-state index in [1.807, 2.05) is 24.0 Å². The molecule has 164 valence electrons. The molecule has 31 heavy (non-hydrogen) atoms. The van der Waals surface area contributed by atoms with E-state index in [2.05, 4.69) is 39.0 Å². The number of hydrogen-bond acceptors (Lipinski definition) is 6. The summed E-state index contributed by atoms with van der Waals surface area (Å²) in [7, 11) is 3.83. The van der Waals surface area contributed by atoms with Gasteiger partial charge in [-0.05, 0) is 45.3 Å². The molecule has 1 atom stereocenters. The maximum atomic E-state index is 5.78. The number of hydrogen-bond donors (Lipinski definition) is 0. The van der Waals surface area contributed by atoms with Crippen LogP contribution in [-0.4, -0.2) is 69.9 Å². The van der Waals surface area contributed by atoms with Gasteiger partial charge in [-0.3, -0.25) is 4.68 Å². The van der Waals surface area contributed by atoms with Gasteiger partial charge in [-0.2, -0.15) is 10.2 Å². The molecule has 0 unspecified atom stereocenters. The summed E-state index contributed by atoms with van der Waals surface area (Å²) in [4.78, 5) is 6.85. The van der Waals surface area contributed by atoms with E-state index in [0.717, 1.165) is 48.4 Å². The van der Waals surface area contributed by atoms with Crippen LogP contribution in [0, 0.1) is 12.8 Å². The van der Waals surface area contributed by atoms with Gasteiger partial charge in [0.2, 0.25) is 5.88 Å². The fourth-order valence-corrected chi connectivity index (χ4v) is 4.80. The van der Waals surface area contributed by atoms with Crippen LogP contribution >= 0.6 is 0 Å². The lowest BCUT2D eigenvalue weighted by Gasteiger charge is -2.10. The van der Waals surface area contributed by atoms with Crippen LogP contribution < -0.4 is 4.74 Å². The van der Waals surface area contributed by atoms with Crippen molar-refractivity contribution in [3.63, 3.8) is 0 Å². The largest absolute Gasteiger partial charge is 0.481 e. The Morgan fingerprint density at radius 2 is 2.10 bits per heavy atom. The van der Waals surface area contributed by atoms with Gasteiger partial charge < -0.3 is 14.4 Å². The van der Waals surface area contributed by atoms with Crippen molar-refractivity contribution in [3.05, 3.63) is 41.5 Å². The van der Waals surface area contributed by atoms with Gasteiger partial charge in [0.15, 0.2) is 0 Å². The molecule has 8 nitrogen and oxygen atoms in total. The number of rotatable bonds is 5. The van der Waals surface area contributed by atoms with Crippen LogP contribution in [0.2, 0.25) is 0 Å². The van der Waals surface area contributed by atoms with Crippen molar-refractivity contribution < 1.29 is 9.47 Å². The van der Waals surface area contributed by atoms with Gasteiger partial charge in [-0.25, -0.2) is 9.67 Å². The van der Waals surface area contributed by atoms with Crippen molar-refractivity contribution in [3.8, 4) is 22.8 Å². The second kappa shape index (κ2) is 8.43. The Kier molecular flexibility index (Phi) is 5.50. The van der Waals surface area contributed by atoms with E-state index < -0.39 is 0 Å². The summed E-state index contributed by atoms with van der Waals surface area (Å²) in [5.74, 6) is 1.30. The van der Waals surface area contributed by atoms with E-state index in [9.17, 15) is 0 Å². The molecule has 3 aromatic heterocycles. The van der Waals surface area contributed by atoms with E-state index in [4.69, 9.17) is 14.6 Å². The van der Waals surface area contributed by atoms with E-state index in [-0.39, 0.29) is 0 Å². The highest BCUT2D eigenvalue weighted by Gasteiger charge is 2.24. The standard InChI is InChI=1S/C23H30N6O2/c1-16-10-19(12-24-23(16)30-3)29-21-6-9-31-8-5-20(21)22(26-29)18-11-25-28(15-18)14-17-4-7-27(2)13-17/h10-12,15,17H,4-9,13-14H2,1-3H3/t17-/m0/s1. The Balaban J connectivity index is 1.50. The van der Waals surface area contributed by atoms with Gasteiger partial charge >= 0.3 is 0 Å². The lowest BCUT2D eigenvalue weighted by Crippen LogP contribution is -2.17. The minimum atomic E-state index is 0.643. The minimum absolute atomic E-state index is 0.643. The number of methoxy groups -OCH3 is 1. The molecule has 0 amide bonds. The van der Waals surface area contributed by atoms with Crippen LogP contribution in [-0.2, 0) is 24.1 Å². The van der Waals surface area contributed by atoms with Crippen LogP contribution in [0.15, 0.2) is 24.7 Å². The Morgan fingerprint density at radius 1 is 1.23 bits per heavy atom. The maximum Gasteiger partial charge on any atom is 0.216 e. The Labute approximate surface area is 182 Å². The van der Waals surface area contributed by atoms with Gasteiger partial charge in [0.05, 0.1) is 49.8 Å². The maximum absolute atomic E-state index is 5.78. The van der Waals surface area contributed by atoms with Crippen LogP contribution in [0.1, 0.15) is 23.2 Å². The van der Waals surface area contributed by atoms with Gasteiger partial charge in [-0.1, -0.05) is 0 Å². The SMILES string of the molecule is COc1ncc(-n2nc(-c3cnn(C[C@H]4CCN(C)C4)c3)c3c2CCOCC3)cc1C. The summed E-state index contributed by atoms with van der Waals surface area (Å²) in [6.45, 7) is 6.69. The number of aromatic nitrogens is 5. The molecule has 0 radical (unpaired) electrons. The Hall–Kier alpha value is -2.71. The third-order valence-corrected chi connectivity index (χ3v) is 6.36. The lowest BCUT2D eigenvalue weighted by molar-refractivity contribution is 0.145. The summed E-state index contributed by atoms with van der Waals surface area (Å²) in [6.07, 6.45) is 8.84. The van der Waals surface area contributed by atoms with E-state index in [0.29, 0.717) is 25.0 Å². The summed E-state index contributed by atoms with van der Waals surface area (Å²) in [5, 5.41) is 9.71. The van der Waals surface area contributed by atoms with Crippen molar-refractivity contribution in [1.29, 1.82) is 0 Å². The first-order valence-electron chi connectivity index (χ1n) is 11.0. The second-order valence-electron chi connectivity index (χ2n) is 8.69. The third-order valence-electron chi connectivity index (χ3n) is 6.36. The summed E-state index contributed by atoms with van der Waals surface area (Å²) < 4.78 is 15.2. The van der Waals surface area contributed by atoms with Gasteiger partial charge in [0, 0.05) is 42.4 Å². The topological polar surface area (TPSA) is 70.2 Å². The first-order chi connectivity index (χ1) is 15.1. The van der Waals surface area contributed by atoms with E-state index in [1.165, 1.54) is 24.2 Å². The predicted molar refractivity (Wildman–Crippen MR) is 118 cm³/mol. The zero-order chi connectivity index (χ0) is 21.4. The number of nitrogens with zero attached hydrogens (tertiary/aromatic N) is 6. The van der Waals surface area contributed by atoms with Crippen LogP contribution in [0.5, 0.6) is 5.88 Å². The van der Waals surface area contributed by atoms with Crippen LogP contribution in [0.4, 0.5) is 0 Å². The van der Waals surface area contributed by atoms with Crippen LogP contribution in [0.25, 0.3) is 16.9 Å². The number of fused-ring (bicyclic) bond motifs is 1. The molecule has 2 aliphatic heterocycles. The number of likely N-dealkylation sites (tertiary alicyclic amines) is 1. The molecule has 3 aromatic rings. The number of ether oxygens (including phenoxy) is 2. The van der Waals surface area contributed by atoms with Crippen molar-refractivity contribution >= 4 is 0 Å². The highest BCUT2D eigenvalue weighted by atomic mass is 16.5. The van der Waals surface area contributed by atoms with Crippen molar-refractivity contribution in [2.75, 3.05) is 40.5 Å². The van der Waals surface area contributed by atoms with E-state index in [1.54, 1.807) is 7.11 Å². The quantitative estimate of drug-likeness (QED) is 0.629. The fraction of sp³-hybridized carbons (Fsp3) is 0.522. The first kappa shape index (κ1) is 20.2. The lowest BCUT2D eigenvalue weighted by atomic mass is 10.0. The molecule has 5 rings (SSSR count). The van der Waals surface area contributed by atoms with Crippen molar-refractivity contribution in [2.45, 2.75) is 32.7 Å². The molecular formula is C23H30N6O2. The van der Waals surface area contributed by atoms with Gasteiger partial charge in [0.25, 0.3) is 0 Å². The summed E-state index contributed by atoms with van der Waals surface area (Å²) >= 11 is 0. The zero-order valence-corrected chi connectivity index (χ0v) is 18.5. The average molecular weight is 423 g/mol. The smallest absolute Gasteiger partial charge is 0.216 e. The molecule has 0 aliphatic carbocycles. The molecule has 8 heteroatoms. The first-order valence-corrected chi connectivity index (χ1v) is 11.0. The van der Waals surface area contributed by atoms with Crippen LogP contribution in [0.3, 0.4) is 0 Å². The molecule has 0 aromatic carbocycles. The second-order valence-corrected chi connectivity index (χ2v) is 8.69. The van der Waals surface area contributed by atoms with Crippen molar-refractivity contribution in [1.82, 2.24) is 29.4 Å². The van der Waals surface area contributed by atoms with Crippen molar-refractivity contribution in [2.24, 2.45) is 5.92 Å². The molecule has 1 fully saturated rings. The summed E-state index contributed by atoms with van der Waals surface area (Å²) in [5.41, 5.74) is 6.47. The van der Waals surface area contributed by atoms with E-state index >= 15 is 0 Å². The molecule has 1 saturated heterocycles. The molecule has 0 spiro atoms. The third kappa shape index (κ3) is 3.97. The molecule has 0 N–H and O–H groups in total. The Bertz CT molecular complexity index is 1070.